The van der Waals surface area contributed by atoms with Crippen LogP contribution in [0.3, 0.4) is 0 Å². The van der Waals surface area contributed by atoms with Crippen molar-refractivity contribution in [2.75, 3.05) is 27.2 Å². The lowest BCUT2D eigenvalue weighted by Gasteiger charge is -2.17. The van der Waals surface area contributed by atoms with Gasteiger partial charge in [-0.25, -0.2) is 4.98 Å². The van der Waals surface area contributed by atoms with Gasteiger partial charge in [-0.1, -0.05) is 0 Å². The van der Waals surface area contributed by atoms with Gasteiger partial charge in [-0.3, -0.25) is 14.6 Å². The first-order valence-corrected chi connectivity index (χ1v) is 7.91. The minimum Gasteiger partial charge on any atom is -0.344 e. The fourth-order valence-electron chi connectivity index (χ4n) is 2.37. The molecular weight excluding hydrogens is 377 g/mol. The summed E-state index contributed by atoms with van der Waals surface area (Å²) in [6.07, 6.45) is 3.99. The molecule has 144 valence electrons. The molecule has 0 bridgehead atoms. The van der Waals surface area contributed by atoms with Gasteiger partial charge in [0.2, 0.25) is 5.91 Å². The molecule has 0 aliphatic rings. The van der Waals surface area contributed by atoms with Crippen LogP contribution < -0.4 is 10.9 Å². The van der Waals surface area contributed by atoms with Gasteiger partial charge in [-0.15, -0.1) is 24.8 Å². The van der Waals surface area contributed by atoms with Crippen LogP contribution in [0.1, 0.15) is 17.7 Å². The number of H-pyrrole nitrogens is 1. The number of hydrogen-bond acceptors (Lipinski definition) is 5. The van der Waals surface area contributed by atoms with E-state index in [2.05, 4.69) is 20.3 Å². The molecule has 26 heavy (non-hydrogen) atoms. The molecule has 0 saturated carbocycles. The molecule has 9 heteroatoms. The van der Waals surface area contributed by atoms with Crippen molar-refractivity contribution in [2.24, 2.45) is 0 Å². The summed E-state index contributed by atoms with van der Waals surface area (Å²) in [7, 11) is 3.61. The highest BCUT2D eigenvalue weighted by molar-refractivity contribution is 5.85. The van der Waals surface area contributed by atoms with Crippen LogP contribution in [-0.4, -0.2) is 52.9 Å². The van der Waals surface area contributed by atoms with Crippen molar-refractivity contribution in [3.8, 4) is 11.4 Å². The average Bonchev–Trinajstić information content (AvgIpc) is 2.59. The average molecular weight is 402 g/mol. The van der Waals surface area contributed by atoms with Crippen LogP contribution in [0, 0.1) is 6.92 Å². The van der Waals surface area contributed by atoms with Gasteiger partial charge in [-0.2, -0.15) is 0 Å². The monoisotopic (exact) mass is 401 g/mol. The van der Waals surface area contributed by atoms with Crippen LogP contribution in [0.5, 0.6) is 0 Å². The summed E-state index contributed by atoms with van der Waals surface area (Å²) < 4.78 is 0. The molecule has 0 saturated heterocycles. The van der Waals surface area contributed by atoms with E-state index in [0.717, 1.165) is 12.1 Å². The van der Waals surface area contributed by atoms with E-state index >= 15 is 0 Å². The second kappa shape index (κ2) is 11.6. The Bertz CT molecular complexity index is 753. The Morgan fingerprint density at radius 1 is 1.35 bits per heavy atom. The van der Waals surface area contributed by atoms with Crippen LogP contribution in [0.4, 0.5) is 0 Å². The minimum atomic E-state index is -0.202. The Labute approximate surface area is 165 Å². The smallest absolute Gasteiger partial charge is 0.254 e. The summed E-state index contributed by atoms with van der Waals surface area (Å²) in [4.78, 5) is 37.3. The molecule has 0 atom stereocenters. The number of pyridine rings is 1. The van der Waals surface area contributed by atoms with E-state index < -0.39 is 0 Å². The van der Waals surface area contributed by atoms with E-state index in [9.17, 15) is 9.59 Å². The van der Waals surface area contributed by atoms with Crippen LogP contribution in [0.2, 0.25) is 0 Å². The number of amides is 1. The van der Waals surface area contributed by atoms with Crippen LogP contribution >= 0.6 is 24.8 Å². The van der Waals surface area contributed by atoms with Gasteiger partial charge < -0.3 is 15.2 Å². The second-order valence-corrected chi connectivity index (χ2v) is 5.64. The molecule has 2 N–H and O–H groups in total. The summed E-state index contributed by atoms with van der Waals surface area (Å²) in [6, 6.07) is 3.63. The third-order valence-electron chi connectivity index (χ3n) is 3.87. The highest BCUT2D eigenvalue weighted by atomic mass is 35.5. The predicted octanol–water partition coefficient (Wildman–Crippen LogP) is 1.59. The first-order chi connectivity index (χ1) is 11.5. The van der Waals surface area contributed by atoms with E-state index in [-0.39, 0.29) is 42.7 Å². The zero-order chi connectivity index (χ0) is 17.5. The topological polar surface area (TPSA) is 91.0 Å². The van der Waals surface area contributed by atoms with Gasteiger partial charge in [0, 0.05) is 55.8 Å². The Balaban J connectivity index is 0.00000312. The molecule has 0 unspecified atom stereocenters. The lowest BCUT2D eigenvalue weighted by molar-refractivity contribution is -0.129. The summed E-state index contributed by atoms with van der Waals surface area (Å²) in [5.41, 5.74) is 1.75. The number of aryl methyl sites for hydroxylation is 1. The molecule has 2 rings (SSSR count). The molecule has 2 heterocycles. The van der Waals surface area contributed by atoms with Crippen molar-refractivity contribution in [1.82, 2.24) is 25.2 Å². The number of aromatic amines is 1. The highest BCUT2D eigenvalue weighted by Crippen LogP contribution is 2.13. The molecule has 7 nitrogen and oxygen atoms in total. The molecule has 0 aliphatic carbocycles. The Hall–Kier alpha value is -1.96. The van der Waals surface area contributed by atoms with Gasteiger partial charge in [0.1, 0.15) is 5.82 Å². The van der Waals surface area contributed by atoms with Crippen molar-refractivity contribution in [3.05, 3.63) is 46.1 Å². The number of nitrogens with zero attached hydrogens (tertiary/aromatic N) is 3. The molecule has 0 radical (unpaired) electrons. The maximum absolute atomic E-state index is 12.3. The lowest BCUT2D eigenvalue weighted by Crippen LogP contribution is -2.33. The second-order valence-electron chi connectivity index (χ2n) is 5.64. The van der Waals surface area contributed by atoms with Crippen LogP contribution in [-0.2, 0) is 11.2 Å². The molecule has 0 spiro atoms. The van der Waals surface area contributed by atoms with Crippen LogP contribution in [0.25, 0.3) is 11.4 Å². The molecule has 1 amide bonds. The van der Waals surface area contributed by atoms with Gasteiger partial charge in [0.15, 0.2) is 0 Å². The zero-order valence-electron chi connectivity index (χ0n) is 15.1. The first kappa shape index (κ1) is 24.0. The van der Waals surface area contributed by atoms with Gasteiger partial charge >= 0.3 is 0 Å². The van der Waals surface area contributed by atoms with E-state index in [1.165, 1.54) is 0 Å². The highest BCUT2D eigenvalue weighted by Gasteiger charge is 2.13. The van der Waals surface area contributed by atoms with Gasteiger partial charge in [0.05, 0.1) is 0 Å². The van der Waals surface area contributed by atoms with Crippen molar-refractivity contribution in [2.45, 2.75) is 19.8 Å². The van der Waals surface area contributed by atoms with E-state index in [0.29, 0.717) is 30.0 Å². The Morgan fingerprint density at radius 2 is 2.08 bits per heavy atom. The predicted molar refractivity (Wildman–Crippen MR) is 107 cm³/mol. The fraction of sp³-hybridized carbons (Fsp3) is 0.412. The first-order valence-electron chi connectivity index (χ1n) is 7.91. The maximum atomic E-state index is 12.3. The Kier molecular flexibility index (Phi) is 10.7. The van der Waals surface area contributed by atoms with E-state index in [1.54, 1.807) is 37.3 Å². The number of nitrogens with one attached hydrogen (secondary N) is 2. The quantitative estimate of drug-likeness (QED) is 0.734. The van der Waals surface area contributed by atoms with Crippen LogP contribution in [0.15, 0.2) is 29.3 Å². The fourth-order valence-corrected chi connectivity index (χ4v) is 2.37. The summed E-state index contributed by atoms with van der Waals surface area (Å²) >= 11 is 0. The lowest BCUT2D eigenvalue weighted by atomic mass is 10.1. The zero-order valence-corrected chi connectivity index (χ0v) is 16.7. The minimum absolute atomic E-state index is 0. The van der Waals surface area contributed by atoms with Crippen molar-refractivity contribution in [1.29, 1.82) is 0 Å². The largest absolute Gasteiger partial charge is 0.344 e. The number of rotatable bonds is 7. The van der Waals surface area contributed by atoms with E-state index in [1.807, 2.05) is 13.1 Å². The van der Waals surface area contributed by atoms with Crippen molar-refractivity contribution in [3.63, 3.8) is 0 Å². The number of likely N-dealkylation sites (N-methyl/N-ethyl adjacent to an activating group) is 2. The summed E-state index contributed by atoms with van der Waals surface area (Å²) in [6.45, 7) is 3.17. The molecular formula is C17H25Cl2N5O2. The summed E-state index contributed by atoms with van der Waals surface area (Å²) in [5.74, 6) is 0.507. The molecule has 0 fully saturated rings. The SMILES string of the molecule is CNCCN(C)C(=O)CCc1c(C)nc(-c2cccnc2)[nH]c1=O.Cl.Cl. The third-order valence-corrected chi connectivity index (χ3v) is 3.87. The standard InChI is InChI=1S/C17H23N5O2.2ClH/c1-12-14(6-7-15(23)22(3)10-9-18-2)17(24)21-16(20-12)13-5-4-8-19-11-13;;/h4-5,8,11,18H,6-7,9-10H2,1-3H3,(H,20,21,24);2*1H. The number of halogens is 2. The van der Waals surface area contributed by atoms with Crippen molar-refractivity contribution < 1.29 is 4.79 Å². The third kappa shape index (κ3) is 6.40. The van der Waals surface area contributed by atoms with Gasteiger partial charge in [0.25, 0.3) is 5.56 Å². The molecule has 2 aromatic heterocycles. The molecule has 2 aromatic rings. The van der Waals surface area contributed by atoms with Gasteiger partial charge in [-0.05, 0) is 32.5 Å². The molecule has 0 aromatic carbocycles. The number of aromatic nitrogens is 3. The number of carbonyl (C=O) groups excluding carboxylic acids is 1. The Morgan fingerprint density at radius 3 is 2.65 bits per heavy atom. The normalized spacial score (nSPS) is 9.81. The van der Waals surface area contributed by atoms with Crippen molar-refractivity contribution >= 4 is 30.7 Å². The molecule has 0 aliphatic heterocycles. The maximum Gasteiger partial charge on any atom is 0.254 e. The summed E-state index contributed by atoms with van der Waals surface area (Å²) in [5, 5.41) is 3.00. The number of hydrogen-bond donors (Lipinski definition) is 2. The number of carbonyl (C=O) groups is 1. The van der Waals surface area contributed by atoms with E-state index in [4.69, 9.17) is 0 Å².